The molecule has 0 aliphatic carbocycles. The third-order valence-electron chi connectivity index (χ3n) is 2.65. The molecule has 3 nitrogen and oxygen atoms in total. The summed E-state index contributed by atoms with van der Waals surface area (Å²) in [6, 6.07) is 5.61. The molecule has 1 aromatic heterocycles. The highest BCUT2D eigenvalue weighted by Crippen LogP contribution is 2.31. The molecule has 2 N–H and O–H groups in total. The Morgan fingerprint density at radius 3 is 2.83 bits per heavy atom. The summed E-state index contributed by atoms with van der Waals surface area (Å²) in [6.07, 6.45) is 2.56. The molecule has 2 aromatic rings. The van der Waals surface area contributed by atoms with Crippen LogP contribution in [-0.4, -0.2) is 4.98 Å². The third-order valence-corrected chi connectivity index (χ3v) is 3.61. The molecule has 0 fully saturated rings. The van der Waals surface area contributed by atoms with Crippen LogP contribution in [0.5, 0.6) is 10.9 Å². The monoisotopic (exact) mass is 260 g/mol. The van der Waals surface area contributed by atoms with E-state index in [-0.39, 0.29) is 0 Å². The molecule has 0 aliphatic rings. The van der Waals surface area contributed by atoms with Gasteiger partial charge in [-0.25, -0.2) is 4.98 Å². The Bertz CT molecular complexity index is 556. The van der Waals surface area contributed by atoms with Crippen LogP contribution in [0.1, 0.15) is 16.1 Å². The number of hydrogen-bond donors (Lipinski definition) is 1. The Hall–Kier alpha value is -1.81. The number of allylic oxidation sites excluding steroid dienone is 1. The van der Waals surface area contributed by atoms with E-state index in [0.717, 1.165) is 29.1 Å². The van der Waals surface area contributed by atoms with E-state index in [1.54, 1.807) is 11.3 Å². The van der Waals surface area contributed by atoms with Crippen molar-refractivity contribution in [2.24, 2.45) is 0 Å². The molecule has 0 saturated carbocycles. The molecule has 0 radical (unpaired) electrons. The van der Waals surface area contributed by atoms with E-state index in [4.69, 9.17) is 10.5 Å². The number of rotatable bonds is 4. The molecule has 1 heterocycles. The molecule has 18 heavy (non-hydrogen) atoms. The summed E-state index contributed by atoms with van der Waals surface area (Å²) in [4.78, 5) is 5.54. The average Bonchev–Trinajstić information content (AvgIpc) is 2.62. The van der Waals surface area contributed by atoms with Gasteiger partial charge in [0.2, 0.25) is 0 Å². The summed E-state index contributed by atoms with van der Waals surface area (Å²) in [6.45, 7) is 7.76. The standard InChI is InChI=1S/C14H16N2OS/c1-4-5-11-8-12(15)6-7-13(11)17-14-16-9(2)10(3)18-14/h4,6-8H,1,5,15H2,2-3H3. The zero-order valence-electron chi connectivity index (χ0n) is 10.6. The van der Waals surface area contributed by atoms with Crippen LogP contribution in [0, 0.1) is 13.8 Å². The van der Waals surface area contributed by atoms with E-state index in [1.165, 1.54) is 4.88 Å². The quantitative estimate of drug-likeness (QED) is 0.670. The van der Waals surface area contributed by atoms with Gasteiger partial charge in [-0.15, -0.1) is 6.58 Å². The second-order valence-electron chi connectivity index (χ2n) is 4.08. The summed E-state index contributed by atoms with van der Waals surface area (Å²) in [5, 5.41) is 0.667. The first kappa shape index (κ1) is 12.6. The fourth-order valence-corrected chi connectivity index (χ4v) is 2.36. The zero-order valence-corrected chi connectivity index (χ0v) is 11.4. The SMILES string of the molecule is C=CCc1cc(N)ccc1Oc1nc(C)c(C)s1. The van der Waals surface area contributed by atoms with Crippen LogP contribution in [0.2, 0.25) is 0 Å². The minimum absolute atomic E-state index is 0.667. The normalized spacial score (nSPS) is 10.3. The van der Waals surface area contributed by atoms with Crippen molar-refractivity contribution in [2.45, 2.75) is 20.3 Å². The topological polar surface area (TPSA) is 48.1 Å². The van der Waals surface area contributed by atoms with Gasteiger partial charge in [-0.2, -0.15) is 0 Å². The fourth-order valence-electron chi connectivity index (χ4n) is 1.59. The number of ether oxygens (including phenoxy) is 1. The van der Waals surface area contributed by atoms with E-state index in [2.05, 4.69) is 11.6 Å². The highest BCUT2D eigenvalue weighted by Gasteiger charge is 2.09. The van der Waals surface area contributed by atoms with Crippen molar-refractivity contribution in [3.05, 3.63) is 47.0 Å². The number of hydrogen-bond acceptors (Lipinski definition) is 4. The number of nitrogen functional groups attached to an aromatic ring is 1. The number of anilines is 1. The molecule has 1 aromatic carbocycles. The Kier molecular flexibility index (Phi) is 3.67. The zero-order chi connectivity index (χ0) is 13.1. The lowest BCUT2D eigenvalue weighted by molar-refractivity contribution is 0.473. The van der Waals surface area contributed by atoms with E-state index >= 15 is 0 Å². The second-order valence-corrected chi connectivity index (χ2v) is 5.25. The van der Waals surface area contributed by atoms with Crippen LogP contribution >= 0.6 is 11.3 Å². The largest absolute Gasteiger partial charge is 0.431 e. The number of thiazole rings is 1. The van der Waals surface area contributed by atoms with Crippen molar-refractivity contribution in [1.82, 2.24) is 4.98 Å². The van der Waals surface area contributed by atoms with Crippen LogP contribution < -0.4 is 10.5 Å². The molecule has 0 atom stereocenters. The lowest BCUT2D eigenvalue weighted by Gasteiger charge is -2.08. The van der Waals surface area contributed by atoms with Crippen molar-refractivity contribution in [2.75, 3.05) is 5.73 Å². The number of benzene rings is 1. The van der Waals surface area contributed by atoms with E-state index in [0.29, 0.717) is 5.19 Å². The first-order valence-electron chi connectivity index (χ1n) is 5.71. The fraction of sp³-hybridized carbons (Fsp3) is 0.214. The van der Waals surface area contributed by atoms with Gasteiger partial charge in [-0.3, -0.25) is 0 Å². The maximum atomic E-state index is 5.82. The van der Waals surface area contributed by atoms with Crippen LogP contribution in [0.3, 0.4) is 0 Å². The molecular formula is C14H16N2OS. The maximum absolute atomic E-state index is 5.82. The van der Waals surface area contributed by atoms with Gasteiger partial charge in [0.25, 0.3) is 5.19 Å². The Morgan fingerprint density at radius 2 is 2.22 bits per heavy atom. The van der Waals surface area contributed by atoms with Gasteiger partial charge in [0.05, 0.1) is 5.69 Å². The summed E-state index contributed by atoms with van der Waals surface area (Å²) < 4.78 is 5.82. The maximum Gasteiger partial charge on any atom is 0.279 e. The van der Waals surface area contributed by atoms with Gasteiger partial charge in [-0.05, 0) is 38.5 Å². The summed E-state index contributed by atoms with van der Waals surface area (Å²) in [5.74, 6) is 0.790. The molecule has 94 valence electrons. The van der Waals surface area contributed by atoms with Gasteiger partial charge in [-0.1, -0.05) is 17.4 Å². The van der Waals surface area contributed by atoms with Crippen LogP contribution in [0.25, 0.3) is 0 Å². The van der Waals surface area contributed by atoms with Crippen LogP contribution in [0.4, 0.5) is 5.69 Å². The molecule has 0 amide bonds. The minimum atomic E-state index is 0.667. The first-order chi connectivity index (χ1) is 8.60. The summed E-state index contributed by atoms with van der Waals surface area (Å²) in [7, 11) is 0. The molecule has 2 rings (SSSR count). The van der Waals surface area contributed by atoms with Gasteiger partial charge in [0.1, 0.15) is 5.75 Å². The number of nitrogens with two attached hydrogens (primary N) is 1. The average molecular weight is 260 g/mol. The molecule has 0 aliphatic heterocycles. The predicted octanol–water partition coefficient (Wildman–Crippen LogP) is 3.86. The first-order valence-corrected chi connectivity index (χ1v) is 6.53. The Morgan fingerprint density at radius 1 is 1.44 bits per heavy atom. The van der Waals surface area contributed by atoms with Gasteiger partial charge >= 0.3 is 0 Å². The van der Waals surface area contributed by atoms with Crippen molar-refractivity contribution < 1.29 is 4.74 Å². The number of nitrogens with zero attached hydrogens (tertiary/aromatic N) is 1. The number of aromatic nitrogens is 1. The third kappa shape index (κ3) is 2.71. The van der Waals surface area contributed by atoms with E-state index in [9.17, 15) is 0 Å². The molecule has 0 spiro atoms. The second kappa shape index (κ2) is 5.23. The Labute approximate surface area is 111 Å². The van der Waals surface area contributed by atoms with Crippen LogP contribution in [0.15, 0.2) is 30.9 Å². The highest BCUT2D eigenvalue weighted by molar-refractivity contribution is 7.13. The molecule has 0 bridgehead atoms. The Balaban J connectivity index is 2.30. The van der Waals surface area contributed by atoms with Gasteiger partial charge in [0, 0.05) is 16.1 Å². The van der Waals surface area contributed by atoms with E-state index < -0.39 is 0 Å². The van der Waals surface area contributed by atoms with Gasteiger partial charge in [0.15, 0.2) is 0 Å². The minimum Gasteiger partial charge on any atom is -0.431 e. The van der Waals surface area contributed by atoms with E-state index in [1.807, 2.05) is 38.1 Å². The summed E-state index contributed by atoms with van der Waals surface area (Å²) in [5.41, 5.74) is 8.54. The molecular weight excluding hydrogens is 244 g/mol. The highest BCUT2D eigenvalue weighted by atomic mass is 32.1. The lowest BCUT2D eigenvalue weighted by atomic mass is 10.1. The lowest BCUT2D eigenvalue weighted by Crippen LogP contribution is -1.93. The molecule has 0 unspecified atom stereocenters. The predicted molar refractivity (Wildman–Crippen MR) is 76.4 cm³/mol. The number of aryl methyl sites for hydroxylation is 2. The smallest absolute Gasteiger partial charge is 0.279 e. The van der Waals surface area contributed by atoms with Crippen LogP contribution in [-0.2, 0) is 6.42 Å². The molecule has 0 saturated heterocycles. The van der Waals surface area contributed by atoms with Crippen molar-refractivity contribution in [3.8, 4) is 10.9 Å². The summed E-state index contributed by atoms with van der Waals surface area (Å²) >= 11 is 1.55. The molecule has 4 heteroatoms. The van der Waals surface area contributed by atoms with Gasteiger partial charge < -0.3 is 10.5 Å². The van der Waals surface area contributed by atoms with Crippen molar-refractivity contribution in [3.63, 3.8) is 0 Å². The van der Waals surface area contributed by atoms with Crippen molar-refractivity contribution in [1.29, 1.82) is 0 Å². The van der Waals surface area contributed by atoms with Crippen molar-refractivity contribution >= 4 is 17.0 Å².